The lowest BCUT2D eigenvalue weighted by molar-refractivity contribution is -0.992. The summed E-state index contributed by atoms with van der Waals surface area (Å²) in [5.74, 6) is 0. The van der Waals surface area contributed by atoms with Gasteiger partial charge in [-0.05, 0) is 25.1 Å². The van der Waals surface area contributed by atoms with Crippen molar-refractivity contribution >= 4 is 17.4 Å². The van der Waals surface area contributed by atoms with E-state index in [1.807, 2.05) is 43.3 Å². The highest BCUT2D eigenvalue weighted by molar-refractivity contribution is 7.99. The van der Waals surface area contributed by atoms with Crippen LogP contribution in [0.2, 0.25) is 0 Å². The molecular weight excluding hydrogens is 234 g/mol. The minimum absolute atomic E-state index is 0.345. The zero-order valence-corrected chi connectivity index (χ0v) is 10.2. The van der Waals surface area contributed by atoms with E-state index < -0.39 is 5.23 Å². The molecule has 88 valence electrons. The van der Waals surface area contributed by atoms with E-state index in [2.05, 4.69) is 0 Å². The molecule has 1 atom stereocenters. The number of quaternary nitrogens is 1. The van der Waals surface area contributed by atoms with Gasteiger partial charge in [-0.2, -0.15) is 5.23 Å². The molecule has 2 aromatic carbocycles. The Morgan fingerprint density at radius 3 is 2.35 bits per heavy atom. The average Bonchev–Trinajstić information content (AvgIpc) is 2.32. The van der Waals surface area contributed by atoms with Crippen LogP contribution in [-0.4, -0.2) is 5.21 Å². The van der Waals surface area contributed by atoms with Crippen LogP contribution in [0.25, 0.3) is 0 Å². The molecule has 0 aliphatic rings. The van der Waals surface area contributed by atoms with E-state index in [9.17, 15) is 5.21 Å². The van der Waals surface area contributed by atoms with Crippen molar-refractivity contribution < 1.29 is 10.4 Å². The summed E-state index contributed by atoms with van der Waals surface area (Å²) >= 11 is 1.47. The normalized spacial score (nSPS) is 12.4. The zero-order valence-electron chi connectivity index (χ0n) is 9.38. The fourth-order valence-corrected chi connectivity index (χ4v) is 2.40. The number of hydrogen-bond acceptors (Lipinski definition) is 3. The van der Waals surface area contributed by atoms with E-state index in [1.54, 1.807) is 12.1 Å². The maximum absolute atomic E-state index is 11.1. The van der Waals surface area contributed by atoms with Crippen LogP contribution in [0.4, 0.5) is 5.69 Å². The van der Waals surface area contributed by atoms with Crippen molar-refractivity contribution in [3.8, 4) is 0 Å². The number of aryl methyl sites for hydroxylation is 1. The van der Waals surface area contributed by atoms with Gasteiger partial charge in [-0.25, -0.2) is 5.21 Å². The number of benzene rings is 2. The lowest BCUT2D eigenvalue weighted by atomic mass is 10.2. The summed E-state index contributed by atoms with van der Waals surface area (Å²) in [5.41, 5.74) is 1.54. The minimum Gasteiger partial charge on any atom is -0.595 e. The monoisotopic (exact) mass is 247 g/mol. The predicted molar refractivity (Wildman–Crippen MR) is 67.5 cm³/mol. The highest BCUT2D eigenvalue weighted by atomic mass is 32.2. The fraction of sp³-hybridized carbons (Fsp3) is 0.0769. The number of nitrogens with one attached hydrogen (secondary N) is 1. The maximum atomic E-state index is 11.1. The van der Waals surface area contributed by atoms with Gasteiger partial charge in [0.1, 0.15) is 0 Å². The molecule has 0 spiro atoms. The third-order valence-electron chi connectivity index (χ3n) is 2.37. The summed E-state index contributed by atoms with van der Waals surface area (Å²) < 4.78 is 0. The first-order valence-electron chi connectivity index (χ1n) is 5.23. The van der Waals surface area contributed by atoms with Gasteiger partial charge in [0.05, 0.1) is 4.90 Å². The summed E-state index contributed by atoms with van der Waals surface area (Å²) in [7, 11) is 0. The Hall–Kier alpha value is -1.33. The molecule has 4 heteroatoms. The van der Waals surface area contributed by atoms with Gasteiger partial charge in [0.15, 0.2) is 5.69 Å². The first-order valence-corrected chi connectivity index (χ1v) is 6.05. The Labute approximate surface area is 104 Å². The number of hydrogen-bond donors (Lipinski definition) is 2. The molecule has 0 saturated heterocycles. The van der Waals surface area contributed by atoms with Crippen molar-refractivity contribution in [3.63, 3.8) is 0 Å². The fourth-order valence-electron chi connectivity index (χ4n) is 1.47. The second-order valence-electron chi connectivity index (χ2n) is 3.72. The van der Waals surface area contributed by atoms with Gasteiger partial charge in [0.25, 0.3) is 0 Å². The molecule has 0 aliphatic carbocycles. The SMILES string of the molecule is Cc1ccc(Sc2ccccc2[NH+]([O-])O)cc1. The molecule has 0 fully saturated rings. The summed E-state index contributed by atoms with van der Waals surface area (Å²) in [6.07, 6.45) is 0. The first kappa shape index (κ1) is 12.1. The van der Waals surface area contributed by atoms with Crippen LogP contribution in [0.5, 0.6) is 0 Å². The molecule has 2 rings (SSSR count). The largest absolute Gasteiger partial charge is 0.595 e. The van der Waals surface area contributed by atoms with E-state index in [1.165, 1.54) is 17.3 Å². The molecule has 0 bridgehead atoms. The average molecular weight is 247 g/mol. The van der Waals surface area contributed by atoms with Crippen LogP contribution in [0.3, 0.4) is 0 Å². The van der Waals surface area contributed by atoms with Crippen molar-refractivity contribution in [2.75, 3.05) is 0 Å². The minimum atomic E-state index is -0.889. The Morgan fingerprint density at radius 2 is 1.71 bits per heavy atom. The molecule has 3 nitrogen and oxygen atoms in total. The van der Waals surface area contributed by atoms with E-state index >= 15 is 0 Å². The van der Waals surface area contributed by atoms with Gasteiger partial charge >= 0.3 is 0 Å². The molecule has 0 aliphatic heterocycles. The molecule has 2 aromatic rings. The highest BCUT2D eigenvalue weighted by Gasteiger charge is 2.08. The third-order valence-corrected chi connectivity index (χ3v) is 3.45. The Bertz CT molecular complexity index is 497. The van der Waals surface area contributed by atoms with Crippen LogP contribution in [0.15, 0.2) is 58.3 Å². The Morgan fingerprint density at radius 1 is 1.06 bits per heavy atom. The number of para-hydroxylation sites is 1. The first-order chi connectivity index (χ1) is 8.16. The van der Waals surface area contributed by atoms with Crippen molar-refractivity contribution in [2.45, 2.75) is 16.7 Å². The van der Waals surface area contributed by atoms with Gasteiger partial charge < -0.3 is 5.21 Å². The van der Waals surface area contributed by atoms with Crippen LogP contribution in [0, 0.1) is 12.1 Å². The van der Waals surface area contributed by atoms with Gasteiger partial charge in [-0.3, -0.25) is 0 Å². The lowest BCUT2D eigenvalue weighted by Crippen LogP contribution is -2.99. The molecule has 0 radical (unpaired) electrons. The van der Waals surface area contributed by atoms with Gasteiger partial charge in [0.2, 0.25) is 0 Å². The van der Waals surface area contributed by atoms with Crippen LogP contribution in [-0.2, 0) is 0 Å². The van der Waals surface area contributed by atoms with E-state index in [0.29, 0.717) is 5.69 Å². The van der Waals surface area contributed by atoms with Crippen molar-refractivity contribution in [3.05, 3.63) is 59.3 Å². The maximum Gasteiger partial charge on any atom is 0.177 e. The van der Waals surface area contributed by atoms with Crippen LogP contribution < -0.4 is 5.23 Å². The van der Waals surface area contributed by atoms with E-state index in [4.69, 9.17) is 5.21 Å². The highest BCUT2D eigenvalue weighted by Crippen LogP contribution is 2.31. The van der Waals surface area contributed by atoms with Crippen molar-refractivity contribution in [1.82, 2.24) is 0 Å². The van der Waals surface area contributed by atoms with Crippen LogP contribution >= 0.6 is 11.8 Å². The second-order valence-corrected chi connectivity index (χ2v) is 4.83. The van der Waals surface area contributed by atoms with Gasteiger partial charge in [-0.1, -0.05) is 41.6 Å². The summed E-state index contributed by atoms with van der Waals surface area (Å²) in [5, 5.41) is 19.2. The smallest absolute Gasteiger partial charge is 0.177 e. The molecule has 1 unspecified atom stereocenters. The molecule has 0 aromatic heterocycles. The molecule has 0 saturated carbocycles. The number of rotatable bonds is 3. The zero-order chi connectivity index (χ0) is 12.3. The lowest BCUT2D eigenvalue weighted by Gasteiger charge is -2.14. The molecule has 2 N–H and O–H groups in total. The van der Waals surface area contributed by atoms with Crippen molar-refractivity contribution in [1.29, 1.82) is 0 Å². The summed E-state index contributed by atoms with van der Waals surface area (Å²) in [6.45, 7) is 2.03. The summed E-state index contributed by atoms with van der Waals surface area (Å²) in [6, 6.07) is 15.1. The summed E-state index contributed by atoms with van der Waals surface area (Å²) in [4.78, 5) is 1.81. The van der Waals surface area contributed by atoms with E-state index in [0.717, 1.165) is 9.79 Å². The van der Waals surface area contributed by atoms with E-state index in [-0.39, 0.29) is 0 Å². The second kappa shape index (κ2) is 5.33. The van der Waals surface area contributed by atoms with Crippen molar-refractivity contribution in [2.24, 2.45) is 0 Å². The predicted octanol–water partition coefficient (Wildman–Crippen LogP) is 2.55. The molecule has 17 heavy (non-hydrogen) atoms. The van der Waals surface area contributed by atoms with Gasteiger partial charge in [-0.15, -0.1) is 0 Å². The van der Waals surface area contributed by atoms with Crippen LogP contribution in [0.1, 0.15) is 5.56 Å². The third kappa shape index (κ3) is 3.08. The molecular formula is C13H13NO2S. The molecule has 0 amide bonds. The standard InChI is InChI=1S/C13H13NO2S/c1-10-6-8-11(9-7-10)17-13-5-3-2-4-12(13)14(15)16/h2-9,14-15H,1H3. The molecule has 0 heterocycles. The Balaban J connectivity index is 2.26. The van der Waals surface area contributed by atoms with Gasteiger partial charge in [0, 0.05) is 11.0 Å². The Kier molecular flexibility index (Phi) is 3.81. The topological polar surface area (TPSA) is 47.7 Å². The quantitative estimate of drug-likeness (QED) is 0.819.